The van der Waals surface area contributed by atoms with Crippen molar-refractivity contribution in [2.45, 2.75) is 33.2 Å². The van der Waals surface area contributed by atoms with E-state index >= 15 is 0 Å². The van der Waals surface area contributed by atoms with Crippen LogP contribution in [0.5, 0.6) is 0 Å². The molecule has 0 aliphatic heterocycles. The van der Waals surface area contributed by atoms with Gasteiger partial charge in [0.2, 0.25) is 0 Å². The van der Waals surface area contributed by atoms with Gasteiger partial charge >= 0.3 is 0 Å². The molecule has 0 bridgehead atoms. The van der Waals surface area contributed by atoms with E-state index in [1.54, 1.807) is 0 Å². The minimum Gasteiger partial charge on any atom is -0.381 e. The summed E-state index contributed by atoms with van der Waals surface area (Å²) in [6, 6.07) is 11.1. The van der Waals surface area contributed by atoms with Crippen LogP contribution in [0.1, 0.15) is 26.0 Å². The molecule has 1 saturated carbocycles. The molecule has 0 spiro atoms. The van der Waals surface area contributed by atoms with Gasteiger partial charge < -0.3 is 5.32 Å². The van der Waals surface area contributed by atoms with E-state index in [2.05, 4.69) is 55.3 Å². The zero-order chi connectivity index (χ0) is 12.0. The summed E-state index contributed by atoms with van der Waals surface area (Å²) in [6.45, 7) is 6.66. The fourth-order valence-corrected chi connectivity index (χ4v) is 2.33. The first kappa shape index (κ1) is 10.6. The van der Waals surface area contributed by atoms with Crippen molar-refractivity contribution in [2.75, 3.05) is 5.32 Å². The molecule has 1 heterocycles. The van der Waals surface area contributed by atoms with E-state index < -0.39 is 0 Å². The van der Waals surface area contributed by atoms with Crippen LogP contribution in [0.25, 0.3) is 10.9 Å². The molecule has 2 aromatic rings. The predicted octanol–water partition coefficient (Wildman–Crippen LogP) is 3.75. The molecule has 2 nitrogen and oxygen atoms in total. The van der Waals surface area contributed by atoms with Gasteiger partial charge in [0.05, 0.1) is 5.52 Å². The van der Waals surface area contributed by atoms with Crippen molar-refractivity contribution in [1.82, 2.24) is 4.98 Å². The maximum atomic E-state index is 4.56. The number of nitrogens with zero attached hydrogens (tertiary/aromatic N) is 1. The summed E-state index contributed by atoms with van der Waals surface area (Å²) < 4.78 is 0. The van der Waals surface area contributed by atoms with Gasteiger partial charge in [-0.3, -0.25) is 4.98 Å². The second kappa shape index (κ2) is 3.46. The number of nitrogens with one attached hydrogen (secondary N) is 1. The molecule has 1 unspecified atom stereocenters. The van der Waals surface area contributed by atoms with Crippen LogP contribution in [0.15, 0.2) is 30.3 Å². The number of aryl methyl sites for hydroxylation is 1. The molecule has 1 aromatic carbocycles. The van der Waals surface area contributed by atoms with Crippen LogP contribution in [0.2, 0.25) is 0 Å². The normalized spacial score (nSPS) is 21.5. The molecule has 2 heteroatoms. The van der Waals surface area contributed by atoms with Crippen molar-refractivity contribution in [1.29, 1.82) is 0 Å². The Morgan fingerprint density at radius 2 is 2.00 bits per heavy atom. The summed E-state index contributed by atoms with van der Waals surface area (Å²) >= 11 is 0. The summed E-state index contributed by atoms with van der Waals surface area (Å²) in [4.78, 5) is 4.56. The van der Waals surface area contributed by atoms with Crippen molar-refractivity contribution in [2.24, 2.45) is 5.41 Å². The Kier molecular flexibility index (Phi) is 2.15. The molecule has 1 aliphatic rings. The van der Waals surface area contributed by atoms with Crippen LogP contribution < -0.4 is 5.32 Å². The SMILES string of the molecule is Cc1cc(NC2CC2(C)C)c2ccccc2n1. The van der Waals surface area contributed by atoms with E-state index in [1.165, 1.54) is 17.5 Å². The molecule has 1 fully saturated rings. The van der Waals surface area contributed by atoms with Gasteiger partial charge in [-0.15, -0.1) is 0 Å². The maximum absolute atomic E-state index is 4.56. The highest BCUT2D eigenvalue weighted by Crippen LogP contribution is 2.47. The minimum absolute atomic E-state index is 0.443. The largest absolute Gasteiger partial charge is 0.381 e. The lowest BCUT2D eigenvalue weighted by atomic mass is 10.1. The first-order chi connectivity index (χ1) is 8.06. The van der Waals surface area contributed by atoms with Gasteiger partial charge in [0.15, 0.2) is 0 Å². The highest BCUT2D eigenvalue weighted by atomic mass is 15.0. The quantitative estimate of drug-likeness (QED) is 0.843. The number of benzene rings is 1. The van der Waals surface area contributed by atoms with E-state index in [0.29, 0.717) is 11.5 Å². The molecule has 1 aromatic heterocycles. The van der Waals surface area contributed by atoms with Crippen molar-refractivity contribution in [3.05, 3.63) is 36.0 Å². The van der Waals surface area contributed by atoms with Gasteiger partial charge in [-0.1, -0.05) is 32.0 Å². The lowest BCUT2D eigenvalue weighted by Crippen LogP contribution is -2.09. The average molecular weight is 226 g/mol. The summed E-state index contributed by atoms with van der Waals surface area (Å²) in [6.07, 6.45) is 1.25. The monoisotopic (exact) mass is 226 g/mol. The smallest absolute Gasteiger partial charge is 0.0725 e. The first-order valence-electron chi connectivity index (χ1n) is 6.19. The molecule has 88 valence electrons. The van der Waals surface area contributed by atoms with Crippen molar-refractivity contribution < 1.29 is 0 Å². The Balaban J connectivity index is 2.03. The molecule has 1 N–H and O–H groups in total. The van der Waals surface area contributed by atoms with Crippen LogP contribution >= 0.6 is 0 Å². The summed E-state index contributed by atoms with van der Waals surface area (Å²) in [5.74, 6) is 0. The topological polar surface area (TPSA) is 24.9 Å². The fraction of sp³-hybridized carbons (Fsp3) is 0.400. The Morgan fingerprint density at radius 3 is 2.71 bits per heavy atom. The Morgan fingerprint density at radius 1 is 1.29 bits per heavy atom. The van der Waals surface area contributed by atoms with Gasteiger partial charge in [0, 0.05) is 22.8 Å². The molecule has 1 atom stereocenters. The highest BCUT2D eigenvalue weighted by Gasteiger charge is 2.45. The van der Waals surface area contributed by atoms with Gasteiger partial charge in [0.1, 0.15) is 0 Å². The van der Waals surface area contributed by atoms with E-state index in [9.17, 15) is 0 Å². The van der Waals surface area contributed by atoms with E-state index in [0.717, 1.165) is 11.2 Å². The highest BCUT2D eigenvalue weighted by molar-refractivity contribution is 5.91. The van der Waals surface area contributed by atoms with Crippen molar-refractivity contribution in [3.63, 3.8) is 0 Å². The maximum Gasteiger partial charge on any atom is 0.0725 e. The number of para-hydroxylation sites is 1. The third-order valence-corrected chi connectivity index (χ3v) is 3.69. The summed E-state index contributed by atoms with van der Waals surface area (Å²) in [5, 5.41) is 4.87. The molecule has 17 heavy (non-hydrogen) atoms. The second-order valence-corrected chi connectivity index (χ2v) is 5.72. The molecule has 0 radical (unpaired) electrons. The molecular weight excluding hydrogens is 208 g/mol. The average Bonchev–Trinajstić information content (AvgIpc) is 2.85. The van der Waals surface area contributed by atoms with Gasteiger partial charge in [-0.2, -0.15) is 0 Å². The number of hydrogen-bond acceptors (Lipinski definition) is 2. The number of rotatable bonds is 2. The van der Waals surface area contributed by atoms with Crippen molar-refractivity contribution >= 4 is 16.6 Å². The zero-order valence-corrected chi connectivity index (χ0v) is 10.6. The summed E-state index contributed by atoms with van der Waals surface area (Å²) in [7, 11) is 0. The van der Waals surface area contributed by atoms with Crippen LogP contribution in [0.4, 0.5) is 5.69 Å². The minimum atomic E-state index is 0.443. The van der Waals surface area contributed by atoms with E-state index in [4.69, 9.17) is 0 Å². The molecular formula is C15H18N2. The lowest BCUT2D eigenvalue weighted by Gasteiger charge is -2.12. The van der Waals surface area contributed by atoms with Gasteiger partial charge in [-0.05, 0) is 30.9 Å². The third kappa shape index (κ3) is 1.88. The second-order valence-electron chi connectivity index (χ2n) is 5.72. The number of fused-ring (bicyclic) bond motifs is 1. The Labute approximate surface area is 102 Å². The number of aromatic nitrogens is 1. The third-order valence-electron chi connectivity index (χ3n) is 3.69. The van der Waals surface area contributed by atoms with Crippen LogP contribution in [0.3, 0.4) is 0 Å². The van der Waals surface area contributed by atoms with E-state index in [1.807, 2.05) is 6.07 Å². The standard InChI is InChI=1S/C15H18N2/c1-10-8-13(17-14-9-15(14,2)3)11-6-4-5-7-12(11)16-10/h4-8,14H,9H2,1-3H3,(H,16,17). The number of hydrogen-bond donors (Lipinski definition) is 1. The lowest BCUT2D eigenvalue weighted by molar-refractivity contribution is 0.631. The molecule has 0 amide bonds. The van der Waals surface area contributed by atoms with Gasteiger partial charge in [0.25, 0.3) is 0 Å². The Bertz CT molecular complexity index is 572. The summed E-state index contributed by atoms with van der Waals surface area (Å²) in [5.41, 5.74) is 3.82. The zero-order valence-electron chi connectivity index (χ0n) is 10.6. The van der Waals surface area contributed by atoms with Crippen LogP contribution in [0, 0.1) is 12.3 Å². The molecule has 0 saturated heterocycles. The molecule has 1 aliphatic carbocycles. The van der Waals surface area contributed by atoms with E-state index in [-0.39, 0.29) is 0 Å². The number of pyridine rings is 1. The fourth-order valence-electron chi connectivity index (χ4n) is 2.33. The Hall–Kier alpha value is -1.57. The van der Waals surface area contributed by atoms with Gasteiger partial charge in [-0.25, -0.2) is 0 Å². The number of anilines is 1. The van der Waals surface area contributed by atoms with Crippen LogP contribution in [-0.4, -0.2) is 11.0 Å². The van der Waals surface area contributed by atoms with Crippen molar-refractivity contribution in [3.8, 4) is 0 Å². The predicted molar refractivity (Wildman–Crippen MR) is 72.3 cm³/mol. The first-order valence-corrected chi connectivity index (χ1v) is 6.19. The van der Waals surface area contributed by atoms with Crippen LogP contribution in [-0.2, 0) is 0 Å². The molecule has 3 rings (SSSR count).